The Kier molecular flexibility index (Phi) is 4.64. The largest absolute Gasteiger partial charge is 0.444 e. The first-order valence-corrected chi connectivity index (χ1v) is 8.33. The molecule has 1 amide bonds. The standard InChI is InChI=1S/C16H19F4N5O2/c1-15(2,3)27-14(26)21-10-7-12-22-13(23-25(12)8-9(10)17)24-6-4-5-11(24)16(18,19)20/h7-8,11H,4-6H2,1-3H3,(H,21,26)/t11-/m1/s1. The Morgan fingerprint density at radius 2 is 2.04 bits per heavy atom. The molecule has 148 valence electrons. The zero-order chi connectivity index (χ0) is 20.0. The smallest absolute Gasteiger partial charge is 0.412 e. The van der Waals surface area contributed by atoms with Gasteiger partial charge >= 0.3 is 12.3 Å². The van der Waals surface area contributed by atoms with Crippen molar-refractivity contribution in [3.05, 3.63) is 18.1 Å². The van der Waals surface area contributed by atoms with Crippen LogP contribution >= 0.6 is 0 Å². The highest BCUT2D eigenvalue weighted by Crippen LogP contribution is 2.35. The van der Waals surface area contributed by atoms with Gasteiger partial charge in [0.1, 0.15) is 11.6 Å². The zero-order valence-corrected chi connectivity index (χ0v) is 15.0. The third kappa shape index (κ3) is 4.22. The minimum Gasteiger partial charge on any atom is -0.444 e. The van der Waals surface area contributed by atoms with E-state index < -0.39 is 29.7 Å². The Morgan fingerprint density at radius 3 is 2.67 bits per heavy atom. The van der Waals surface area contributed by atoms with Crippen molar-refractivity contribution in [3.8, 4) is 0 Å². The van der Waals surface area contributed by atoms with Crippen molar-refractivity contribution in [1.82, 2.24) is 14.6 Å². The number of carbonyl (C=O) groups is 1. The van der Waals surface area contributed by atoms with Gasteiger partial charge in [0.2, 0.25) is 5.95 Å². The zero-order valence-electron chi connectivity index (χ0n) is 15.0. The SMILES string of the molecule is CC(C)(C)OC(=O)Nc1cc2nc(N3CCC[C@@H]3C(F)(F)F)nn2cc1F. The minimum absolute atomic E-state index is 0.0428. The van der Waals surface area contributed by atoms with E-state index in [0.29, 0.717) is 6.42 Å². The van der Waals surface area contributed by atoms with Gasteiger partial charge in [-0.1, -0.05) is 0 Å². The topological polar surface area (TPSA) is 71.8 Å². The maximum atomic E-state index is 14.2. The van der Waals surface area contributed by atoms with Crippen molar-refractivity contribution in [3.63, 3.8) is 0 Å². The van der Waals surface area contributed by atoms with Crippen molar-refractivity contribution in [2.45, 2.75) is 51.4 Å². The van der Waals surface area contributed by atoms with Gasteiger partial charge in [0, 0.05) is 12.6 Å². The van der Waals surface area contributed by atoms with Crippen LogP contribution in [0.25, 0.3) is 5.65 Å². The quantitative estimate of drug-likeness (QED) is 0.793. The molecule has 2 aromatic heterocycles. The average molecular weight is 389 g/mol. The van der Waals surface area contributed by atoms with Crippen molar-refractivity contribution in [1.29, 1.82) is 0 Å². The highest BCUT2D eigenvalue weighted by Gasteiger charge is 2.47. The van der Waals surface area contributed by atoms with Crippen molar-refractivity contribution in [2.75, 3.05) is 16.8 Å². The number of nitrogens with zero attached hydrogens (tertiary/aromatic N) is 4. The molecule has 1 aliphatic rings. The number of pyridine rings is 1. The molecule has 7 nitrogen and oxygen atoms in total. The Balaban J connectivity index is 1.87. The molecule has 1 fully saturated rings. The Bertz CT molecular complexity index is 859. The van der Waals surface area contributed by atoms with E-state index >= 15 is 0 Å². The number of halogens is 4. The number of fused-ring (bicyclic) bond motifs is 1. The number of hydrogen-bond acceptors (Lipinski definition) is 5. The van der Waals surface area contributed by atoms with Crippen molar-refractivity contribution in [2.24, 2.45) is 0 Å². The number of anilines is 2. The molecule has 0 bridgehead atoms. The Morgan fingerprint density at radius 1 is 1.33 bits per heavy atom. The van der Waals surface area contributed by atoms with Gasteiger partial charge in [-0.05, 0) is 33.6 Å². The molecule has 3 heterocycles. The monoisotopic (exact) mass is 389 g/mol. The molecule has 0 spiro atoms. The molecule has 0 unspecified atom stereocenters. The fourth-order valence-electron chi connectivity index (χ4n) is 2.87. The molecule has 11 heteroatoms. The van der Waals surface area contributed by atoms with Crippen molar-refractivity contribution >= 4 is 23.4 Å². The van der Waals surface area contributed by atoms with Crippen LogP contribution < -0.4 is 10.2 Å². The van der Waals surface area contributed by atoms with Gasteiger partial charge in [0.05, 0.1) is 11.9 Å². The first-order chi connectivity index (χ1) is 12.4. The van der Waals surface area contributed by atoms with Crippen LogP contribution in [0.3, 0.4) is 0 Å². The molecule has 1 aliphatic heterocycles. The molecule has 27 heavy (non-hydrogen) atoms. The normalized spacial score (nSPS) is 18.2. The molecule has 0 aliphatic carbocycles. The van der Waals surface area contributed by atoms with Crippen LogP contribution in [0.1, 0.15) is 33.6 Å². The fourth-order valence-corrected chi connectivity index (χ4v) is 2.87. The number of hydrogen-bond donors (Lipinski definition) is 1. The predicted molar refractivity (Wildman–Crippen MR) is 89.2 cm³/mol. The summed E-state index contributed by atoms with van der Waals surface area (Å²) >= 11 is 0. The maximum absolute atomic E-state index is 14.2. The van der Waals surface area contributed by atoms with E-state index in [1.165, 1.54) is 6.07 Å². The number of aromatic nitrogens is 3. The lowest BCUT2D eigenvalue weighted by atomic mass is 10.2. The van der Waals surface area contributed by atoms with E-state index in [1.54, 1.807) is 20.8 Å². The molecule has 2 aromatic rings. The van der Waals surface area contributed by atoms with Gasteiger partial charge in [-0.25, -0.2) is 13.7 Å². The molecule has 1 atom stereocenters. The second-order valence-corrected chi connectivity index (χ2v) is 7.27. The Labute approximate surface area is 152 Å². The number of amides is 1. The molecule has 0 radical (unpaired) electrons. The van der Waals surface area contributed by atoms with Gasteiger partial charge < -0.3 is 9.64 Å². The van der Waals surface area contributed by atoms with Crippen LogP contribution in [0.15, 0.2) is 12.3 Å². The maximum Gasteiger partial charge on any atom is 0.412 e. The van der Waals surface area contributed by atoms with E-state index in [1.807, 2.05) is 0 Å². The predicted octanol–water partition coefficient (Wildman–Crippen LogP) is 3.75. The van der Waals surface area contributed by atoms with Crippen LogP contribution in [-0.4, -0.2) is 45.1 Å². The van der Waals surface area contributed by atoms with Crippen molar-refractivity contribution < 1.29 is 27.1 Å². The van der Waals surface area contributed by atoms with E-state index in [2.05, 4.69) is 15.4 Å². The van der Waals surface area contributed by atoms with Crippen LogP contribution in [0.2, 0.25) is 0 Å². The van der Waals surface area contributed by atoms with Gasteiger partial charge in [0.25, 0.3) is 0 Å². The second-order valence-electron chi connectivity index (χ2n) is 7.27. The second kappa shape index (κ2) is 6.54. The lowest BCUT2D eigenvalue weighted by Crippen LogP contribution is -2.41. The lowest BCUT2D eigenvalue weighted by Gasteiger charge is -2.24. The summed E-state index contributed by atoms with van der Waals surface area (Å²) in [5, 5.41) is 6.21. The third-order valence-electron chi connectivity index (χ3n) is 3.94. The highest BCUT2D eigenvalue weighted by atomic mass is 19.4. The number of alkyl halides is 3. The van der Waals surface area contributed by atoms with Crippen LogP contribution in [0.4, 0.5) is 34.0 Å². The molecular formula is C16H19F4N5O2. The highest BCUT2D eigenvalue weighted by molar-refractivity contribution is 5.85. The summed E-state index contributed by atoms with van der Waals surface area (Å²) in [6.45, 7) is 5.13. The van der Waals surface area contributed by atoms with E-state index in [4.69, 9.17) is 4.74 Å². The lowest BCUT2D eigenvalue weighted by molar-refractivity contribution is -0.146. The summed E-state index contributed by atoms with van der Waals surface area (Å²) in [7, 11) is 0. The number of ether oxygens (including phenoxy) is 1. The molecule has 0 aromatic carbocycles. The first kappa shape index (κ1) is 19.2. The van der Waals surface area contributed by atoms with Crippen LogP contribution in [0, 0.1) is 5.82 Å². The third-order valence-corrected chi connectivity index (χ3v) is 3.94. The Hall–Kier alpha value is -2.59. The number of rotatable bonds is 2. The van der Waals surface area contributed by atoms with Gasteiger partial charge in [-0.2, -0.15) is 18.2 Å². The fraction of sp³-hybridized carbons (Fsp3) is 0.562. The summed E-state index contributed by atoms with van der Waals surface area (Å²) < 4.78 is 59.7. The first-order valence-electron chi connectivity index (χ1n) is 8.33. The summed E-state index contributed by atoms with van der Waals surface area (Å²) in [5.41, 5.74) is -0.871. The summed E-state index contributed by atoms with van der Waals surface area (Å²) in [6.07, 6.45) is -4.00. The summed E-state index contributed by atoms with van der Waals surface area (Å²) in [4.78, 5) is 16.9. The van der Waals surface area contributed by atoms with E-state index in [-0.39, 0.29) is 30.2 Å². The van der Waals surface area contributed by atoms with Gasteiger partial charge in [-0.15, -0.1) is 5.10 Å². The molecule has 1 N–H and O–H groups in total. The summed E-state index contributed by atoms with van der Waals surface area (Å²) in [5.74, 6) is -0.956. The van der Waals surface area contributed by atoms with Crippen LogP contribution in [0.5, 0.6) is 0 Å². The van der Waals surface area contributed by atoms with E-state index in [0.717, 1.165) is 15.6 Å². The van der Waals surface area contributed by atoms with Gasteiger partial charge in [0.15, 0.2) is 11.5 Å². The van der Waals surface area contributed by atoms with Gasteiger partial charge in [-0.3, -0.25) is 5.32 Å². The number of nitrogens with one attached hydrogen (secondary N) is 1. The molecule has 3 rings (SSSR count). The molecule has 1 saturated heterocycles. The molecule has 0 saturated carbocycles. The van der Waals surface area contributed by atoms with E-state index in [9.17, 15) is 22.4 Å². The minimum atomic E-state index is -4.40. The summed E-state index contributed by atoms with van der Waals surface area (Å²) in [6, 6.07) is -0.479. The average Bonchev–Trinajstić information content (AvgIpc) is 3.10. The van der Waals surface area contributed by atoms with Crippen LogP contribution in [-0.2, 0) is 4.74 Å². The molecular weight excluding hydrogens is 370 g/mol. The number of carbonyl (C=O) groups excluding carboxylic acids is 1.